The van der Waals surface area contributed by atoms with Crippen LogP contribution in [-0.2, 0) is 4.79 Å². The molecule has 2 aromatic heterocycles. The van der Waals surface area contributed by atoms with Crippen molar-refractivity contribution < 1.29 is 4.79 Å². The topological polar surface area (TPSA) is 115 Å². The number of aryl methyl sites for hydroxylation is 1. The summed E-state index contributed by atoms with van der Waals surface area (Å²) in [7, 11) is 0. The molecule has 0 bridgehead atoms. The van der Waals surface area contributed by atoms with E-state index in [4.69, 9.17) is 10.3 Å². The third kappa shape index (κ3) is 5.05. The average molecular weight is 533 g/mol. The summed E-state index contributed by atoms with van der Waals surface area (Å²) in [4.78, 5) is 26.7. The van der Waals surface area contributed by atoms with E-state index in [0.717, 1.165) is 33.4 Å². The first-order chi connectivity index (χ1) is 20.1. The first kappa shape index (κ1) is 25.6. The molecule has 6 rings (SSSR count). The lowest BCUT2D eigenvalue weighted by atomic mass is 9.93. The summed E-state index contributed by atoms with van der Waals surface area (Å²) in [6.07, 6.45) is 5.68. The Morgan fingerprint density at radius 3 is 2.27 bits per heavy atom. The maximum atomic E-state index is 12.7. The zero-order valence-corrected chi connectivity index (χ0v) is 22.2. The molecule has 3 aromatic carbocycles. The second-order valence-corrected chi connectivity index (χ2v) is 10.0. The number of rotatable bonds is 6. The van der Waals surface area contributed by atoms with E-state index in [0.29, 0.717) is 34.4 Å². The highest BCUT2D eigenvalue weighted by Crippen LogP contribution is 2.41. The van der Waals surface area contributed by atoms with Crippen LogP contribution in [0.15, 0.2) is 102 Å². The molecule has 2 unspecified atom stereocenters. The first-order valence-electron chi connectivity index (χ1n) is 13.2. The van der Waals surface area contributed by atoms with E-state index in [-0.39, 0.29) is 17.7 Å². The fourth-order valence-electron chi connectivity index (χ4n) is 4.98. The normalized spacial score (nSPS) is 15.4. The zero-order chi connectivity index (χ0) is 28.3. The summed E-state index contributed by atoms with van der Waals surface area (Å²) in [6, 6.07) is 29.9. The van der Waals surface area contributed by atoms with Gasteiger partial charge in [-0.15, -0.1) is 0 Å². The van der Waals surface area contributed by atoms with Gasteiger partial charge in [-0.2, -0.15) is 10.5 Å². The zero-order valence-electron chi connectivity index (χ0n) is 22.2. The molecular weight excluding hydrogens is 508 g/mol. The van der Waals surface area contributed by atoms with Gasteiger partial charge in [-0.25, -0.2) is 9.98 Å². The molecule has 1 aliphatic carbocycles. The van der Waals surface area contributed by atoms with Crippen LogP contribution in [0.5, 0.6) is 0 Å². The van der Waals surface area contributed by atoms with Gasteiger partial charge < -0.3 is 5.32 Å². The molecule has 7 heteroatoms. The summed E-state index contributed by atoms with van der Waals surface area (Å²) < 4.78 is 0. The number of amides is 1. The molecule has 0 aliphatic heterocycles. The van der Waals surface area contributed by atoms with E-state index in [2.05, 4.69) is 27.4 Å². The largest absolute Gasteiger partial charge is 0.310 e. The molecule has 0 spiro atoms. The average Bonchev–Trinajstić information content (AvgIpc) is 3.81. The number of fused-ring (bicyclic) bond motifs is 1. The van der Waals surface area contributed by atoms with Gasteiger partial charge in [0, 0.05) is 46.2 Å². The highest BCUT2D eigenvalue weighted by molar-refractivity contribution is 6.16. The number of nitrogens with one attached hydrogen (secondary N) is 1. The molecule has 7 nitrogen and oxygen atoms in total. The predicted octanol–water partition coefficient (Wildman–Crippen LogP) is 6.74. The molecule has 41 heavy (non-hydrogen) atoms. The van der Waals surface area contributed by atoms with E-state index in [1.165, 1.54) is 0 Å². The van der Waals surface area contributed by atoms with Crippen molar-refractivity contribution >= 4 is 33.9 Å². The second kappa shape index (κ2) is 10.8. The standard InChI is InChI=1S/C34H24N6O/c1-21-12-13-37-19-29(21)27-14-24-16-31(39-34(41)26-15-25(26)17-35)38-20-30(24)33(28(27)18-36)40-32(22-8-4-2-5-9-22)23-10-6-3-7-11-23/h2-14,16,19-20,25-26H,15H2,1H3,(H,38,39,41). The minimum atomic E-state index is -0.313. The smallest absolute Gasteiger partial charge is 0.230 e. The quantitative estimate of drug-likeness (QED) is 0.243. The summed E-state index contributed by atoms with van der Waals surface area (Å²) in [6.45, 7) is 1.98. The number of aromatic nitrogens is 2. The Bertz CT molecular complexity index is 1860. The van der Waals surface area contributed by atoms with Gasteiger partial charge in [-0.1, -0.05) is 60.7 Å². The predicted molar refractivity (Wildman–Crippen MR) is 158 cm³/mol. The minimum Gasteiger partial charge on any atom is -0.310 e. The van der Waals surface area contributed by atoms with Gasteiger partial charge in [0.15, 0.2) is 0 Å². The highest BCUT2D eigenvalue weighted by atomic mass is 16.2. The van der Waals surface area contributed by atoms with Gasteiger partial charge in [-0.05, 0) is 42.5 Å². The molecular formula is C34H24N6O. The summed E-state index contributed by atoms with van der Waals surface area (Å²) in [5.41, 5.74) is 5.92. The van der Waals surface area contributed by atoms with Crippen molar-refractivity contribution in [1.82, 2.24) is 9.97 Å². The van der Waals surface area contributed by atoms with E-state index < -0.39 is 0 Å². The van der Waals surface area contributed by atoms with Gasteiger partial charge in [0.2, 0.25) is 5.91 Å². The number of nitriles is 2. The number of anilines is 1. The van der Waals surface area contributed by atoms with Crippen LogP contribution in [0.4, 0.5) is 11.5 Å². The number of pyridine rings is 2. The molecule has 5 aromatic rings. The molecule has 2 atom stereocenters. The monoisotopic (exact) mass is 532 g/mol. The number of benzene rings is 3. The highest BCUT2D eigenvalue weighted by Gasteiger charge is 2.43. The van der Waals surface area contributed by atoms with Crippen molar-refractivity contribution in [3.8, 4) is 23.3 Å². The van der Waals surface area contributed by atoms with Crippen LogP contribution in [0.1, 0.15) is 28.7 Å². The minimum absolute atomic E-state index is 0.214. The summed E-state index contributed by atoms with van der Waals surface area (Å²) in [5, 5.41) is 23.9. The van der Waals surface area contributed by atoms with Gasteiger partial charge in [0.05, 0.1) is 34.9 Å². The van der Waals surface area contributed by atoms with Crippen molar-refractivity contribution in [1.29, 1.82) is 10.5 Å². The van der Waals surface area contributed by atoms with Crippen molar-refractivity contribution in [2.45, 2.75) is 13.3 Å². The molecule has 1 fully saturated rings. The van der Waals surface area contributed by atoms with E-state index >= 15 is 0 Å². The van der Waals surface area contributed by atoms with Crippen molar-refractivity contribution in [3.63, 3.8) is 0 Å². The number of carbonyl (C=O) groups excluding carboxylic acids is 1. The van der Waals surface area contributed by atoms with Crippen molar-refractivity contribution in [3.05, 3.63) is 120 Å². The molecule has 0 saturated heterocycles. The Kier molecular flexibility index (Phi) is 6.77. The number of hydrogen-bond donors (Lipinski definition) is 1. The summed E-state index contributed by atoms with van der Waals surface area (Å²) in [5.74, 6) is -0.393. The Morgan fingerprint density at radius 2 is 1.66 bits per heavy atom. The second-order valence-electron chi connectivity index (χ2n) is 10.0. The van der Waals surface area contributed by atoms with Crippen LogP contribution in [0.25, 0.3) is 21.9 Å². The lowest BCUT2D eigenvalue weighted by Gasteiger charge is -2.15. The maximum absolute atomic E-state index is 12.7. The molecule has 1 saturated carbocycles. The van der Waals surface area contributed by atoms with Crippen molar-refractivity contribution in [2.24, 2.45) is 16.8 Å². The lowest BCUT2D eigenvalue weighted by molar-refractivity contribution is -0.117. The number of nitrogens with zero attached hydrogens (tertiary/aromatic N) is 5. The lowest BCUT2D eigenvalue weighted by Crippen LogP contribution is -2.15. The number of aliphatic imine (C=N–C) groups is 1. The molecule has 0 radical (unpaired) electrons. The molecule has 1 amide bonds. The van der Waals surface area contributed by atoms with Gasteiger partial charge >= 0.3 is 0 Å². The molecule has 1 aliphatic rings. The van der Waals surface area contributed by atoms with Gasteiger partial charge in [-0.3, -0.25) is 9.78 Å². The van der Waals surface area contributed by atoms with Crippen LogP contribution in [0, 0.1) is 41.4 Å². The van der Waals surface area contributed by atoms with E-state index in [1.54, 1.807) is 24.7 Å². The maximum Gasteiger partial charge on any atom is 0.230 e. The Labute approximate surface area is 237 Å². The first-order valence-corrected chi connectivity index (χ1v) is 13.2. The number of hydrogen-bond acceptors (Lipinski definition) is 6. The molecule has 1 N–H and O–H groups in total. The molecule has 196 valence electrons. The summed E-state index contributed by atoms with van der Waals surface area (Å²) >= 11 is 0. The van der Waals surface area contributed by atoms with E-state index in [9.17, 15) is 10.1 Å². The SMILES string of the molecule is Cc1ccncc1-c1cc2cc(NC(=O)C3CC3C#N)ncc2c(N=C(c2ccccc2)c2ccccc2)c1C#N. The van der Waals surface area contributed by atoms with Crippen LogP contribution < -0.4 is 5.32 Å². The third-order valence-corrected chi connectivity index (χ3v) is 7.30. The Morgan fingerprint density at radius 1 is 0.951 bits per heavy atom. The van der Waals surface area contributed by atoms with Crippen molar-refractivity contribution in [2.75, 3.05) is 5.32 Å². The van der Waals surface area contributed by atoms with Gasteiger partial charge in [0.1, 0.15) is 11.9 Å². The fourth-order valence-corrected chi connectivity index (χ4v) is 4.98. The van der Waals surface area contributed by atoms with Crippen LogP contribution in [-0.4, -0.2) is 21.6 Å². The fraction of sp³-hybridized carbons (Fsp3) is 0.118. The van der Waals surface area contributed by atoms with Gasteiger partial charge in [0.25, 0.3) is 0 Å². The molecule has 2 heterocycles. The van der Waals surface area contributed by atoms with E-state index in [1.807, 2.05) is 79.7 Å². The Hall–Kier alpha value is -5.66. The van der Waals surface area contributed by atoms with Crippen LogP contribution in [0.3, 0.4) is 0 Å². The van der Waals surface area contributed by atoms with Crippen LogP contribution >= 0.6 is 0 Å². The third-order valence-electron chi connectivity index (χ3n) is 7.30. The number of carbonyl (C=O) groups is 1. The van der Waals surface area contributed by atoms with Crippen LogP contribution in [0.2, 0.25) is 0 Å². The Balaban J connectivity index is 1.59.